The summed E-state index contributed by atoms with van der Waals surface area (Å²) in [4.78, 5) is 27.8. The molecule has 1 unspecified atom stereocenters. The number of rotatable bonds is 7. The van der Waals surface area contributed by atoms with Crippen molar-refractivity contribution < 1.29 is 29.3 Å². The molecular formula is C27H25NO6. The topological polar surface area (TPSA) is 96.3 Å². The second-order valence-electron chi connectivity index (χ2n) is 7.89. The number of benzene rings is 3. The van der Waals surface area contributed by atoms with Crippen molar-refractivity contribution in [3.8, 4) is 17.2 Å². The molecule has 1 aliphatic rings. The number of aromatic hydroxyl groups is 1. The van der Waals surface area contributed by atoms with E-state index in [1.165, 1.54) is 25.2 Å². The molecule has 7 nitrogen and oxygen atoms in total. The molecule has 0 spiro atoms. The van der Waals surface area contributed by atoms with E-state index in [0.29, 0.717) is 23.3 Å². The molecule has 1 aliphatic heterocycles. The fourth-order valence-electron chi connectivity index (χ4n) is 4.14. The minimum absolute atomic E-state index is 0.0287. The second-order valence-corrected chi connectivity index (χ2v) is 7.89. The van der Waals surface area contributed by atoms with E-state index in [1.54, 1.807) is 36.4 Å². The molecule has 0 radical (unpaired) electrons. The summed E-state index contributed by atoms with van der Waals surface area (Å²) in [6.07, 6.45) is 0.527. The van der Waals surface area contributed by atoms with Crippen LogP contribution in [0.3, 0.4) is 0 Å². The summed E-state index contributed by atoms with van der Waals surface area (Å²) in [5.74, 6) is -1.13. The van der Waals surface area contributed by atoms with Crippen molar-refractivity contribution in [2.24, 2.45) is 0 Å². The third-order valence-electron chi connectivity index (χ3n) is 5.89. The van der Waals surface area contributed by atoms with Crippen molar-refractivity contribution >= 4 is 17.4 Å². The van der Waals surface area contributed by atoms with Gasteiger partial charge in [0.15, 0.2) is 11.5 Å². The first-order valence-electron chi connectivity index (χ1n) is 10.8. The highest BCUT2D eigenvalue weighted by molar-refractivity contribution is 6.46. The minimum atomic E-state index is -0.857. The molecule has 7 heteroatoms. The van der Waals surface area contributed by atoms with Crippen LogP contribution in [0.4, 0.5) is 0 Å². The number of likely N-dealkylation sites (tertiary alicyclic amines) is 1. The number of phenolic OH excluding ortho intramolecular Hbond substituents is 1. The zero-order chi connectivity index (χ0) is 24.2. The Kier molecular flexibility index (Phi) is 6.54. The molecule has 174 valence electrons. The predicted octanol–water partition coefficient (Wildman–Crippen LogP) is 4.07. The summed E-state index contributed by atoms with van der Waals surface area (Å²) in [6.45, 7) is 0.261. The maximum absolute atomic E-state index is 13.2. The normalized spacial score (nSPS) is 17.1. The van der Waals surface area contributed by atoms with Crippen molar-refractivity contribution in [3.63, 3.8) is 0 Å². The lowest BCUT2D eigenvalue weighted by molar-refractivity contribution is -0.139. The van der Waals surface area contributed by atoms with Gasteiger partial charge in [0, 0.05) is 12.1 Å². The molecule has 2 N–H and O–H groups in total. The molecule has 1 atom stereocenters. The van der Waals surface area contributed by atoms with E-state index in [2.05, 4.69) is 0 Å². The molecule has 34 heavy (non-hydrogen) atoms. The van der Waals surface area contributed by atoms with E-state index in [9.17, 15) is 19.8 Å². The van der Waals surface area contributed by atoms with Gasteiger partial charge < -0.3 is 24.6 Å². The largest absolute Gasteiger partial charge is 0.507 e. The van der Waals surface area contributed by atoms with Crippen LogP contribution in [0, 0.1) is 0 Å². The molecule has 1 saturated heterocycles. The van der Waals surface area contributed by atoms with Gasteiger partial charge in [0.25, 0.3) is 11.7 Å². The van der Waals surface area contributed by atoms with Crippen molar-refractivity contribution in [2.45, 2.75) is 12.5 Å². The summed E-state index contributed by atoms with van der Waals surface area (Å²) in [5.41, 5.74) is 1.88. The number of carbonyl (C=O) groups excluding carboxylic acids is 2. The van der Waals surface area contributed by atoms with Gasteiger partial charge in [-0.25, -0.2) is 0 Å². The predicted molar refractivity (Wildman–Crippen MR) is 127 cm³/mol. The Morgan fingerprint density at radius 3 is 2.41 bits per heavy atom. The Labute approximate surface area is 197 Å². The molecule has 0 saturated carbocycles. The fraction of sp³-hybridized carbons (Fsp3) is 0.185. The average molecular weight is 459 g/mol. The van der Waals surface area contributed by atoms with E-state index in [1.807, 2.05) is 30.3 Å². The first kappa shape index (κ1) is 22.9. The number of methoxy groups -OCH3 is 2. The van der Waals surface area contributed by atoms with Crippen LogP contribution in [-0.4, -0.2) is 47.6 Å². The third-order valence-corrected chi connectivity index (χ3v) is 5.89. The van der Waals surface area contributed by atoms with Gasteiger partial charge in [0.2, 0.25) is 0 Å². The number of carbonyl (C=O) groups is 2. The van der Waals surface area contributed by atoms with Gasteiger partial charge in [-0.15, -0.1) is 0 Å². The zero-order valence-corrected chi connectivity index (χ0v) is 18.9. The molecule has 0 aliphatic carbocycles. The van der Waals surface area contributed by atoms with Crippen LogP contribution < -0.4 is 9.47 Å². The number of ether oxygens (including phenoxy) is 2. The van der Waals surface area contributed by atoms with Crippen LogP contribution >= 0.6 is 0 Å². The smallest absolute Gasteiger partial charge is 0.295 e. The number of phenols is 1. The van der Waals surface area contributed by atoms with Crippen LogP contribution in [0.1, 0.15) is 22.7 Å². The standard InChI is InChI=1S/C27H25NO6/c1-33-20-10-6-9-19(15-20)25(30)23-24(18-11-12-21(29)22(16-18)34-2)28(27(32)26(23)31)14-13-17-7-4-3-5-8-17/h3-12,15-16,24,29-30H,13-14H2,1-2H3/b25-23+. The quantitative estimate of drug-likeness (QED) is 0.314. The number of amides is 1. The number of Topliss-reactive ketones (excluding diaryl/α,β-unsaturated/α-hetero) is 1. The van der Waals surface area contributed by atoms with E-state index in [-0.39, 0.29) is 29.4 Å². The Hall–Kier alpha value is -4.26. The Morgan fingerprint density at radius 2 is 1.71 bits per heavy atom. The Bertz CT molecular complexity index is 1250. The molecule has 1 fully saturated rings. The highest BCUT2D eigenvalue weighted by Crippen LogP contribution is 2.42. The molecular weight excluding hydrogens is 434 g/mol. The number of hydrogen-bond acceptors (Lipinski definition) is 6. The molecule has 4 rings (SSSR count). The molecule has 0 bridgehead atoms. The van der Waals surface area contributed by atoms with Crippen LogP contribution in [0.25, 0.3) is 5.76 Å². The summed E-state index contributed by atoms with van der Waals surface area (Å²) in [6, 6.07) is 20.1. The SMILES string of the molecule is COc1cccc(/C(O)=C2\C(=O)C(=O)N(CCc3ccccc3)C2c2ccc(O)c(OC)c2)c1. The lowest BCUT2D eigenvalue weighted by Gasteiger charge is -2.26. The van der Waals surface area contributed by atoms with Gasteiger partial charge in [-0.1, -0.05) is 48.5 Å². The van der Waals surface area contributed by atoms with Gasteiger partial charge >= 0.3 is 0 Å². The molecule has 0 aromatic heterocycles. The lowest BCUT2D eigenvalue weighted by atomic mass is 9.94. The Morgan fingerprint density at radius 1 is 0.941 bits per heavy atom. The zero-order valence-electron chi connectivity index (χ0n) is 18.9. The van der Waals surface area contributed by atoms with E-state index in [0.717, 1.165) is 5.56 Å². The maximum Gasteiger partial charge on any atom is 0.295 e. The minimum Gasteiger partial charge on any atom is -0.507 e. The number of hydrogen-bond donors (Lipinski definition) is 2. The van der Waals surface area contributed by atoms with Crippen LogP contribution in [0.15, 0.2) is 78.4 Å². The van der Waals surface area contributed by atoms with E-state index >= 15 is 0 Å². The lowest BCUT2D eigenvalue weighted by Crippen LogP contribution is -2.31. The number of ketones is 1. The van der Waals surface area contributed by atoms with Crippen molar-refractivity contribution in [3.05, 3.63) is 95.1 Å². The van der Waals surface area contributed by atoms with Crippen LogP contribution in [0.2, 0.25) is 0 Å². The highest BCUT2D eigenvalue weighted by atomic mass is 16.5. The van der Waals surface area contributed by atoms with Gasteiger partial charge in [-0.05, 0) is 41.8 Å². The number of nitrogens with zero attached hydrogens (tertiary/aromatic N) is 1. The van der Waals surface area contributed by atoms with Gasteiger partial charge in [0.1, 0.15) is 11.5 Å². The Balaban J connectivity index is 1.83. The maximum atomic E-state index is 13.2. The van der Waals surface area contributed by atoms with Crippen LogP contribution in [0.5, 0.6) is 17.2 Å². The summed E-state index contributed by atoms with van der Waals surface area (Å²) >= 11 is 0. The summed E-state index contributed by atoms with van der Waals surface area (Å²) in [5, 5.41) is 21.3. The number of aliphatic hydroxyl groups excluding tert-OH is 1. The van der Waals surface area contributed by atoms with Crippen LogP contribution in [-0.2, 0) is 16.0 Å². The summed E-state index contributed by atoms with van der Waals surface area (Å²) < 4.78 is 10.5. The molecule has 1 amide bonds. The average Bonchev–Trinajstić information content (AvgIpc) is 3.12. The van der Waals surface area contributed by atoms with Gasteiger partial charge in [-0.3, -0.25) is 9.59 Å². The first-order valence-corrected chi connectivity index (χ1v) is 10.8. The molecule has 3 aromatic carbocycles. The van der Waals surface area contributed by atoms with E-state index in [4.69, 9.17) is 9.47 Å². The van der Waals surface area contributed by atoms with E-state index < -0.39 is 17.7 Å². The van der Waals surface area contributed by atoms with Crippen molar-refractivity contribution in [1.82, 2.24) is 4.90 Å². The fourth-order valence-corrected chi connectivity index (χ4v) is 4.14. The molecule has 1 heterocycles. The number of aliphatic hydroxyl groups is 1. The third kappa shape index (κ3) is 4.32. The first-order chi connectivity index (χ1) is 16.4. The highest BCUT2D eigenvalue weighted by Gasteiger charge is 2.46. The molecule has 3 aromatic rings. The summed E-state index contributed by atoms with van der Waals surface area (Å²) in [7, 11) is 2.92. The second kappa shape index (κ2) is 9.70. The van der Waals surface area contributed by atoms with Crippen molar-refractivity contribution in [1.29, 1.82) is 0 Å². The van der Waals surface area contributed by atoms with Gasteiger partial charge in [0.05, 0.1) is 25.8 Å². The van der Waals surface area contributed by atoms with Gasteiger partial charge in [-0.2, -0.15) is 0 Å². The van der Waals surface area contributed by atoms with Crippen molar-refractivity contribution in [2.75, 3.05) is 20.8 Å². The monoisotopic (exact) mass is 459 g/mol.